The van der Waals surface area contributed by atoms with Gasteiger partial charge in [-0.15, -0.1) is 0 Å². The Morgan fingerprint density at radius 1 is 1.00 bits per heavy atom. The first-order valence-electron chi connectivity index (χ1n) is 11.0. The van der Waals surface area contributed by atoms with Crippen LogP contribution >= 0.6 is 0 Å². The number of hydrogen-bond acceptors (Lipinski definition) is 4. The molecule has 0 atom stereocenters. The van der Waals surface area contributed by atoms with E-state index in [0.717, 1.165) is 76.1 Å². The summed E-state index contributed by atoms with van der Waals surface area (Å²) in [7, 11) is 0. The van der Waals surface area contributed by atoms with Gasteiger partial charge in [0.2, 0.25) is 0 Å². The fraction of sp³-hybridized carbons (Fsp3) is 0.625. The van der Waals surface area contributed by atoms with Gasteiger partial charge < -0.3 is 15.4 Å². The Labute approximate surface area is 172 Å². The molecule has 0 aromatic heterocycles. The standard InChI is InChI=1S/C24H40N2O2/c1-5-7-11-22(26-17-10-9-16-25-20(3)4)19-24(27)21-12-14-23(15-13-21)28-18-8-6-2/h12-15,19-20,25-26H,5-11,16-18H2,1-4H3/b22-19+. The number of ether oxygens (including phenoxy) is 1. The molecule has 0 unspecified atom stereocenters. The summed E-state index contributed by atoms with van der Waals surface area (Å²) in [5.41, 5.74) is 1.76. The van der Waals surface area contributed by atoms with Crippen LogP contribution in [0.1, 0.15) is 83.0 Å². The van der Waals surface area contributed by atoms with Crippen LogP contribution in [0.4, 0.5) is 0 Å². The molecule has 0 bridgehead atoms. The monoisotopic (exact) mass is 388 g/mol. The molecule has 0 amide bonds. The normalized spacial score (nSPS) is 11.7. The topological polar surface area (TPSA) is 50.4 Å². The third-order valence-corrected chi connectivity index (χ3v) is 4.52. The second kappa shape index (κ2) is 15.2. The fourth-order valence-electron chi connectivity index (χ4n) is 2.76. The molecule has 0 heterocycles. The van der Waals surface area contributed by atoms with Gasteiger partial charge in [0.25, 0.3) is 0 Å². The van der Waals surface area contributed by atoms with Crippen LogP contribution in [0.2, 0.25) is 0 Å². The van der Waals surface area contributed by atoms with Crippen LogP contribution in [0.5, 0.6) is 5.75 Å². The highest BCUT2D eigenvalue weighted by molar-refractivity contribution is 6.04. The molecule has 1 rings (SSSR count). The number of unbranched alkanes of at least 4 members (excludes halogenated alkanes) is 3. The van der Waals surface area contributed by atoms with Crippen LogP contribution in [0.3, 0.4) is 0 Å². The maximum Gasteiger partial charge on any atom is 0.187 e. The first kappa shape index (κ1) is 24.2. The van der Waals surface area contributed by atoms with Gasteiger partial charge in [-0.05, 0) is 62.9 Å². The van der Waals surface area contributed by atoms with Gasteiger partial charge in [0.15, 0.2) is 5.78 Å². The predicted molar refractivity (Wildman–Crippen MR) is 119 cm³/mol. The molecule has 0 saturated carbocycles. The van der Waals surface area contributed by atoms with E-state index in [1.807, 2.05) is 24.3 Å². The molecular weight excluding hydrogens is 348 g/mol. The summed E-state index contributed by atoms with van der Waals surface area (Å²) in [6, 6.07) is 8.02. The molecule has 0 aliphatic rings. The second-order valence-electron chi connectivity index (χ2n) is 7.61. The van der Waals surface area contributed by atoms with Crippen molar-refractivity contribution in [3.63, 3.8) is 0 Å². The number of hydrogen-bond donors (Lipinski definition) is 2. The molecule has 28 heavy (non-hydrogen) atoms. The Morgan fingerprint density at radius 2 is 1.68 bits per heavy atom. The van der Waals surface area contributed by atoms with Gasteiger partial charge in [-0.3, -0.25) is 4.79 Å². The Kier molecular flexibility index (Phi) is 13.1. The Balaban J connectivity index is 2.54. The highest BCUT2D eigenvalue weighted by Crippen LogP contribution is 2.15. The van der Waals surface area contributed by atoms with Crippen molar-refractivity contribution in [2.45, 2.75) is 78.7 Å². The van der Waals surface area contributed by atoms with Gasteiger partial charge in [-0.2, -0.15) is 0 Å². The molecule has 0 spiro atoms. The highest BCUT2D eigenvalue weighted by atomic mass is 16.5. The average molecular weight is 389 g/mol. The summed E-state index contributed by atoms with van der Waals surface area (Å²) in [5.74, 6) is 0.883. The molecule has 0 saturated heterocycles. The molecule has 1 aromatic carbocycles. The molecule has 1 aromatic rings. The zero-order valence-electron chi connectivity index (χ0n) is 18.4. The van der Waals surface area contributed by atoms with Crippen LogP contribution in [0.25, 0.3) is 0 Å². The summed E-state index contributed by atoms with van der Waals surface area (Å²) in [6.07, 6.45) is 9.30. The molecule has 0 radical (unpaired) electrons. The van der Waals surface area contributed by atoms with Gasteiger partial charge in [-0.25, -0.2) is 0 Å². The summed E-state index contributed by atoms with van der Waals surface area (Å²) < 4.78 is 5.67. The molecule has 0 aliphatic carbocycles. The Morgan fingerprint density at radius 3 is 2.32 bits per heavy atom. The van der Waals surface area contributed by atoms with Gasteiger partial charge in [-0.1, -0.05) is 40.5 Å². The number of nitrogens with one attached hydrogen (secondary N) is 2. The van der Waals surface area contributed by atoms with Crippen molar-refractivity contribution >= 4 is 5.78 Å². The van der Waals surface area contributed by atoms with E-state index in [1.54, 1.807) is 6.08 Å². The second-order valence-corrected chi connectivity index (χ2v) is 7.61. The molecule has 0 aliphatic heterocycles. The van der Waals surface area contributed by atoms with Crippen molar-refractivity contribution in [2.75, 3.05) is 19.7 Å². The lowest BCUT2D eigenvalue weighted by atomic mass is 10.1. The van der Waals surface area contributed by atoms with E-state index >= 15 is 0 Å². The molecule has 0 fully saturated rings. The van der Waals surface area contributed by atoms with E-state index in [2.05, 4.69) is 38.3 Å². The number of carbonyl (C=O) groups excluding carboxylic acids is 1. The lowest BCUT2D eigenvalue weighted by Gasteiger charge is -2.12. The highest BCUT2D eigenvalue weighted by Gasteiger charge is 2.06. The first-order valence-corrected chi connectivity index (χ1v) is 11.0. The van der Waals surface area contributed by atoms with Crippen molar-refractivity contribution < 1.29 is 9.53 Å². The molecule has 4 nitrogen and oxygen atoms in total. The van der Waals surface area contributed by atoms with Crippen molar-refractivity contribution in [2.24, 2.45) is 0 Å². The molecule has 4 heteroatoms. The smallest absolute Gasteiger partial charge is 0.187 e. The first-order chi connectivity index (χ1) is 13.6. The van der Waals surface area contributed by atoms with Crippen LogP contribution in [0, 0.1) is 0 Å². The van der Waals surface area contributed by atoms with Crippen LogP contribution in [0.15, 0.2) is 36.0 Å². The largest absolute Gasteiger partial charge is 0.494 e. The summed E-state index contributed by atoms with van der Waals surface area (Å²) in [5, 5.41) is 6.91. The van der Waals surface area contributed by atoms with Gasteiger partial charge in [0.05, 0.1) is 6.61 Å². The van der Waals surface area contributed by atoms with Crippen molar-refractivity contribution in [1.82, 2.24) is 10.6 Å². The summed E-state index contributed by atoms with van der Waals surface area (Å²) >= 11 is 0. The maximum atomic E-state index is 12.6. The van der Waals surface area contributed by atoms with Crippen LogP contribution in [-0.2, 0) is 0 Å². The van der Waals surface area contributed by atoms with E-state index in [4.69, 9.17) is 4.74 Å². The number of ketones is 1. The van der Waals surface area contributed by atoms with E-state index in [9.17, 15) is 4.79 Å². The van der Waals surface area contributed by atoms with Crippen LogP contribution < -0.4 is 15.4 Å². The molecule has 158 valence electrons. The third-order valence-electron chi connectivity index (χ3n) is 4.52. The predicted octanol–water partition coefficient (Wildman–Crippen LogP) is 5.49. The minimum Gasteiger partial charge on any atom is -0.494 e. The van der Waals surface area contributed by atoms with E-state index in [1.165, 1.54) is 0 Å². The number of rotatable bonds is 16. The van der Waals surface area contributed by atoms with Crippen molar-refractivity contribution in [3.8, 4) is 5.75 Å². The number of carbonyl (C=O) groups is 1. The zero-order chi connectivity index (χ0) is 20.6. The minimum absolute atomic E-state index is 0.0557. The van der Waals surface area contributed by atoms with Crippen molar-refractivity contribution in [1.29, 1.82) is 0 Å². The molecular formula is C24H40N2O2. The van der Waals surface area contributed by atoms with E-state index in [0.29, 0.717) is 11.6 Å². The van der Waals surface area contributed by atoms with Crippen LogP contribution in [-0.4, -0.2) is 31.5 Å². The fourth-order valence-corrected chi connectivity index (χ4v) is 2.76. The van der Waals surface area contributed by atoms with Crippen molar-refractivity contribution in [3.05, 3.63) is 41.6 Å². The lowest BCUT2D eigenvalue weighted by Crippen LogP contribution is -2.24. The van der Waals surface area contributed by atoms with E-state index < -0.39 is 0 Å². The van der Waals surface area contributed by atoms with Gasteiger partial charge in [0, 0.05) is 29.9 Å². The summed E-state index contributed by atoms with van der Waals surface area (Å²) in [4.78, 5) is 12.6. The van der Waals surface area contributed by atoms with Gasteiger partial charge in [0.1, 0.15) is 5.75 Å². The average Bonchev–Trinajstić information content (AvgIpc) is 2.68. The zero-order valence-corrected chi connectivity index (χ0v) is 18.4. The summed E-state index contributed by atoms with van der Waals surface area (Å²) in [6.45, 7) is 11.3. The third kappa shape index (κ3) is 11.1. The SMILES string of the molecule is CCCCOc1ccc(C(=O)/C=C(\CCCC)NCCCCNC(C)C)cc1. The molecule has 2 N–H and O–H groups in total. The minimum atomic E-state index is 0.0557. The quantitative estimate of drug-likeness (QED) is 0.223. The number of allylic oxidation sites excluding steroid dienone is 2. The maximum absolute atomic E-state index is 12.6. The van der Waals surface area contributed by atoms with E-state index in [-0.39, 0.29) is 5.78 Å². The van der Waals surface area contributed by atoms with Gasteiger partial charge >= 0.3 is 0 Å². The lowest BCUT2D eigenvalue weighted by molar-refractivity contribution is 0.104. The Bertz CT molecular complexity index is 564. The number of benzene rings is 1. The Hall–Kier alpha value is -1.81.